The van der Waals surface area contributed by atoms with Crippen LogP contribution in [-0.2, 0) is 11.3 Å². The number of hydrogen-bond acceptors (Lipinski definition) is 8. The molecule has 0 spiro atoms. The molecule has 0 unspecified atom stereocenters. The summed E-state index contributed by atoms with van der Waals surface area (Å²) in [4.78, 5) is 41.0. The number of aromatic nitrogens is 1. The number of nitro groups is 2. The SMILES string of the molecule is C=CCn1c(=NC(=O)c2ccc(N3CCOCC3)c([N+](=O)[O-])c2)sc2cc([N+](=O)[O-])ccc21. The highest BCUT2D eigenvalue weighted by Gasteiger charge is 2.23. The Kier molecular flexibility index (Phi) is 6.29. The number of morpholine rings is 1. The average Bonchev–Trinajstić information content (AvgIpc) is 3.15. The van der Waals surface area contributed by atoms with E-state index in [1.807, 2.05) is 4.90 Å². The van der Waals surface area contributed by atoms with Crippen molar-refractivity contribution in [2.24, 2.45) is 4.99 Å². The van der Waals surface area contributed by atoms with E-state index in [0.717, 1.165) is 11.3 Å². The zero-order valence-electron chi connectivity index (χ0n) is 17.4. The Morgan fingerprint density at radius 3 is 2.58 bits per heavy atom. The fraction of sp³-hybridized carbons (Fsp3) is 0.238. The number of fused-ring (bicyclic) bond motifs is 1. The Morgan fingerprint density at radius 2 is 1.91 bits per heavy atom. The number of benzene rings is 2. The van der Waals surface area contributed by atoms with Gasteiger partial charge in [0, 0.05) is 43.4 Å². The minimum absolute atomic E-state index is 0.0679. The van der Waals surface area contributed by atoms with Gasteiger partial charge in [-0.15, -0.1) is 6.58 Å². The molecule has 1 fully saturated rings. The molecule has 1 saturated heterocycles. The summed E-state index contributed by atoms with van der Waals surface area (Å²) in [7, 11) is 0. The second-order valence-corrected chi connectivity index (χ2v) is 8.18. The number of nitro benzene ring substituents is 2. The van der Waals surface area contributed by atoms with E-state index in [2.05, 4.69) is 11.6 Å². The van der Waals surface area contributed by atoms with Gasteiger partial charge in [-0.1, -0.05) is 17.4 Å². The van der Waals surface area contributed by atoms with E-state index < -0.39 is 15.8 Å². The molecule has 11 nitrogen and oxygen atoms in total. The third-order valence-corrected chi connectivity index (χ3v) is 6.20. The Morgan fingerprint density at radius 1 is 1.15 bits per heavy atom. The summed E-state index contributed by atoms with van der Waals surface area (Å²) >= 11 is 1.12. The van der Waals surface area contributed by atoms with Crippen molar-refractivity contribution in [1.82, 2.24) is 4.57 Å². The first-order valence-corrected chi connectivity index (χ1v) is 10.8. The molecule has 3 aromatic rings. The van der Waals surface area contributed by atoms with Gasteiger partial charge in [-0.25, -0.2) is 0 Å². The summed E-state index contributed by atoms with van der Waals surface area (Å²) < 4.78 is 7.60. The zero-order chi connectivity index (χ0) is 23.5. The lowest BCUT2D eigenvalue weighted by Gasteiger charge is -2.28. The summed E-state index contributed by atoms with van der Waals surface area (Å²) in [6, 6.07) is 8.70. The molecule has 4 rings (SSSR count). The number of thiazole rings is 1. The Labute approximate surface area is 191 Å². The second kappa shape index (κ2) is 9.30. The van der Waals surface area contributed by atoms with Crippen molar-refractivity contribution in [3.05, 3.63) is 79.6 Å². The van der Waals surface area contributed by atoms with Gasteiger partial charge in [-0.2, -0.15) is 4.99 Å². The number of carbonyl (C=O) groups excluding carboxylic acids is 1. The van der Waals surface area contributed by atoms with Crippen LogP contribution in [-0.4, -0.2) is 46.6 Å². The molecular weight excluding hydrogens is 450 g/mol. The van der Waals surface area contributed by atoms with E-state index in [4.69, 9.17) is 4.74 Å². The normalized spacial score (nSPS) is 14.4. The number of non-ortho nitro benzene ring substituents is 1. The molecule has 0 N–H and O–H groups in total. The van der Waals surface area contributed by atoms with Crippen LogP contribution >= 0.6 is 11.3 Å². The predicted molar refractivity (Wildman–Crippen MR) is 123 cm³/mol. The number of nitrogens with zero attached hydrogens (tertiary/aromatic N) is 5. The number of amides is 1. The van der Waals surface area contributed by atoms with Gasteiger partial charge in [0.05, 0.1) is 33.3 Å². The Balaban J connectivity index is 1.76. The number of hydrogen-bond donors (Lipinski definition) is 0. The second-order valence-electron chi connectivity index (χ2n) is 7.17. The van der Waals surface area contributed by atoms with Gasteiger partial charge >= 0.3 is 0 Å². The van der Waals surface area contributed by atoms with Crippen molar-refractivity contribution in [2.45, 2.75) is 6.54 Å². The van der Waals surface area contributed by atoms with Crippen LogP contribution in [0.4, 0.5) is 17.1 Å². The quantitative estimate of drug-likeness (QED) is 0.307. The minimum atomic E-state index is -0.648. The summed E-state index contributed by atoms with van der Waals surface area (Å²) in [6.07, 6.45) is 1.62. The fourth-order valence-corrected chi connectivity index (χ4v) is 4.66. The standard InChI is InChI=1S/C21H19N5O6S/c1-2-7-24-17-6-4-15(25(28)29)13-19(17)33-21(24)22-20(27)14-3-5-16(18(12-14)26(30)31)23-8-10-32-11-9-23/h2-6,12-13H,1,7-11H2. The molecule has 0 saturated carbocycles. The topological polar surface area (TPSA) is 133 Å². The first kappa shape index (κ1) is 22.3. The minimum Gasteiger partial charge on any atom is -0.378 e. The van der Waals surface area contributed by atoms with Crippen molar-refractivity contribution in [3.8, 4) is 0 Å². The summed E-state index contributed by atoms with van der Waals surface area (Å²) in [6.45, 7) is 6.03. The Hall–Kier alpha value is -3.90. The first-order valence-electron chi connectivity index (χ1n) is 9.98. The van der Waals surface area contributed by atoms with E-state index in [1.54, 1.807) is 22.8 Å². The Bertz CT molecular complexity index is 1340. The van der Waals surface area contributed by atoms with Gasteiger partial charge < -0.3 is 14.2 Å². The van der Waals surface area contributed by atoms with Crippen LogP contribution in [0.2, 0.25) is 0 Å². The fourth-order valence-electron chi connectivity index (χ4n) is 3.59. The highest BCUT2D eigenvalue weighted by molar-refractivity contribution is 7.16. The molecule has 1 aliphatic heterocycles. The molecule has 1 amide bonds. The van der Waals surface area contributed by atoms with Gasteiger partial charge in [0.15, 0.2) is 4.80 Å². The first-order chi connectivity index (χ1) is 15.9. The molecule has 1 aromatic heterocycles. The largest absolute Gasteiger partial charge is 0.378 e. The van der Waals surface area contributed by atoms with Crippen molar-refractivity contribution >= 4 is 44.5 Å². The molecule has 2 aromatic carbocycles. The predicted octanol–water partition coefficient (Wildman–Crippen LogP) is 3.28. The third-order valence-electron chi connectivity index (χ3n) is 5.16. The number of ether oxygens (including phenoxy) is 1. The summed E-state index contributed by atoms with van der Waals surface area (Å²) in [5.74, 6) is -0.648. The maximum Gasteiger partial charge on any atom is 0.293 e. The average molecular weight is 469 g/mol. The van der Waals surface area contributed by atoms with Crippen molar-refractivity contribution in [3.63, 3.8) is 0 Å². The molecule has 0 radical (unpaired) electrons. The smallest absolute Gasteiger partial charge is 0.293 e. The van der Waals surface area contributed by atoms with Gasteiger partial charge in [0.1, 0.15) is 5.69 Å². The van der Waals surface area contributed by atoms with E-state index in [1.165, 1.54) is 24.3 Å². The van der Waals surface area contributed by atoms with Crippen molar-refractivity contribution < 1.29 is 19.4 Å². The molecular formula is C21H19N5O6S. The van der Waals surface area contributed by atoms with E-state index in [-0.39, 0.29) is 16.9 Å². The number of allylic oxidation sites excluding steroid dienone is 1. The molecule has 0 aliphatic carbocycles. The molecule has 33 heavy (non-hydrogen) atoms. The molecule has 12 heteroatoms. The third kappa shape index (κ3) is 4.52. The lowest BCUT2D eigenvalue weighted by atomic mass is 10.1. The molecule has 0 atom stereocenters. The van der Waals surface area contributed by atoms with Crippen LogP contribution in [0.5, 0.6) is 0 Å². The van der Waals surface area contributed by atoms with E-state index >= 15 is 0 Å². The van der Waals surface area contributed by atoms with Crippen LogP contribution < -0.4 is 9.70 Å². The van der Waals surface area contributed by atoms with Crippen LogP contribution in [0.25, 0.3) is 10.2 Å². The lowest BCUT2D eigenvalue weighted by Crippen LogP contribution is -2.36. The maximum absolute atomic E-state index is 12.9. The highest BCUT2D eigenvalue weighted by Crippen LogP contribution is 2.30. The zero-order valence-corrected chi connectivity index (χ0v) is 18.2. The highest BCUT2D eigenvalue weighted by atomic mass is 32.1. The number of carbonyl (C=O) groups is 1. The van der Waals surface area contributed by atoms with E-state index in [9.17, 15) is 25.0 Å². The van der Waals surface area contributed by atoms with Crippen LogP contribution in [0.1, 0.15) is 10.4 Å². The molecule has 1 aliphatic rings. The summed E-state index contributed by atoms with van der Waals surface area (Å²) in [5, 5.41) is 22.8. The van der Waals surface area contributed by atoms with Crippen LogP contribution in [0, 0.1) is 20.2 Å². The van der Waals surface area contributed by atoms with Gasteiger partial charge in [-0.05, 0) is 18.2 Å². The van der Waals surface area contributed by atoms with Crippen molar-refractivity contribution in [1.29, 1.82) is 0 Å². The molecule has 0 bridgehead atoms. The molecule has 170 valence electrons. The number of anilines is 1. The van der Waals surface area contributed by atoms with E-state index in [0.29, 0.717) is 53.6 Å². The van der Waals surface area contributed by atoms with Crippen LogP contribution in [0.15, 0.2) is 54.0 Å². The monoisotopic (exact) mass is 469 g/mol. The number of rotatable bonds is 6. The molecule has 2 heterocycles. The lowest BCUT2D eigenvalue weighted by molar-refractivity contribution is -0.384. The summed E-state index contributed by atoms with van der Waals surface area (Å²) in [5.41, 5.74) is 0.930. The van der Waals surface area contributed by atoms with Gasteiger partial charge in [0.2, 0.25) is 0 Å². The van der Waals surface area contributed by atoms with Gasteiger partial charge in [-0.3, -0.25) is 25.0 Å². The van der Waals surface area contributed by atoms with Crippen LogP contribution in [0.3, 0.4) is 0 Å². The van der Waals surface area contributed by atoms with Gasteiger partial charge in [0.25, 0.3) is 17.3 Å². The van der Waals surface area contributed by atoms with Crippen molar-refractivity contribution in [2.75, 3.05) is 31.2 Å². The maximum atomic E-state index is 12.9.